The summed E-state index contributed by atoms with van der Waals surface area (Å²) >= 11 is 0. The number of nitrogens with two attached hydrogens (primary N) is 1. The average Bonchev–Trinajstić information content (AvgIpc) is 2.40. The predicted octanol–water partition coefficient (Wildman–Crippen LogP) is -0.477. The Hall–Kier alpha value is -0.810. The normalized spacial score (nSPS) is 23.9. The summed E-state index contributed by atoms with van der Waals surface area (Å²) in [7, 11) is -8.67. The minimum Gasteiger partial charge on any atom is -0.260 e. The molecule has 118 valence electrons. The Morgan fingerprint density at radius 2 is 1.67 bits per heavy atom. The van der Waals surface area contributed by atoms with Gasteiger partial charge in [-0.05, 0) is 31.0 Å². The molecule has 1 aromatic rings. The van der Waals surface area contributed by atoms with E-state index in [1.807, 2.05) is 0 Å². The first-order valence-electron chi connectivity index (χ1n) is 6.19. The number of hydrogen-bond donors (Lipinski definition) is 2. The zero-order valence-corrected chi connectivity index (χ0v) is 13.5. The van der Waals surface area contributed by atoms with Gasteiger partial charge in [-0.2, -0.15) is 0 Å². The van der Waals surface area contributed by atoms with Crippen LogP contribution in [0.5, 0.6) is 0 Å². The van der Waals surface area contributed by atoms with E-state index in [-0.39, 0.29) is 15.8 Å². The summed E-state index contributed by atoms with van der Waals surface area (Å²) in [5, 5.41) is 4.99. The van der Waals surface area contributed by atoms with Crippen LogP contribution in [0.3, 0.4) is 0 Å². The zero-order chi connectivity index (χ0) is 15.7. The van der Waals surface area contributed by atoms with E-state index in [0.717, 1.165) is 6.07 Å². The molecule has 10 heteroatoms. The van der Waals surface area contributed by atoms with Crippen molar-refractivity contribution >= 4 is 30.8 Å². The lowest BCUT2D eigenvalue weighted by Crippen LogP contribution is -2.39. The van der Waals surface area contributed by atoms with Crippen LogP contribution in [-0.2, 0) is 30.8 Å². The first-order chi connectivity index (χ1) is 9.68. The standard InChI is InChI=1S/C11H16N2O5S3/c12-20(15,16)10-2-1-3-11(8-10)21(17,18)13-9-4-6-19(14)7-5-9/h1-3,8-9,13H,4-7H2,(H2,12,15,16). The van der Waals surface area contributed by atoms with Crippen LogP contribution in [0.1, 0.15) is 12.8 Å². The van der Waals surface area contributed by atoms with Gasteiger partial charge in [0.15, 0.2) is 0 Å². The van der Waals surface area contributed by atoms with Crippen LogP contribution < -0.4 is 9.86 Å². The van der Waals surface area contributed by atoms with E-state index in [1.54, 1.807) is 0 Å². The highest BCUT2D eigenvalue weighted by Gasteiger charge is 2.24. The molecule has 1 aliphatic rings. The molecule has 1 heterocycles. The summed E-state index contributed by atoms with van der Waals surface area (Å²) in [6.45, 7) is 0. The lowest BCUT2D eigenvalue weighted by molar-refractivity contribution is 0.521. The van der Waals surface area contributed by atoms with Gasteiger partial charge in [0.1, 0.15) is 0 Å². The van der Waals surface area contributed by atoms with Gasteiger partial charge in [0.05, 0.1) is 9.79 Å². The SMILES string of the molecule is NS(=O)(=O)c1cccc(S(=O)(=O)NC2CCS(=O)CC2)c1. The summed E-state index contributed by atoms with van der Waals surface area (Å²) < 4.78 is 60.8. The first-order valence-corrected chi connectivity index (χ1v) is 10.7. The van der Waals surface area contributed by atoms with Crippen LogP contribution in [0.25, 0.3) is 0 Å². The van der Waals surface area contributed by atoms with Gasteiger partial charge in [-0.15, -0.1) is 0 Å². The lowest BCUT2D eigenvalue weighted by Gasteiger charge is -2.22. The van der Waals surface area contributed by atoms with Gasteiger partial charge in [0.25, 0.3) is 0 Å². The van der Waals surface area contributed by atoms with Gasteiger partial charge in [-0.1, -0.05) is 6.07 Å². The van der Waals surface area contributed by atoms with Crippen molar-refractivity contribution in [2.75, 3.05) is 11.5 Å². The van der Waals surface area contributed by atoms with Crippen molar-refractivity contribution in [3.8, 4) is 0 Å². The lowest BCUT2D eigenvalue weighted by atomic mass is 10.2. The summed E-state index contributed by atoms with van der Waals surface area (Å²) in [5.74, 6) is 0.925. The fourth-order valence-electron chi connectivity index (χ4n) is 2.02. The second kappa shape index (κ2) is 6.13. The third kappa shape index (κ3) is 4.33. The maximum Gasteiger partial charge on any atom is 0.240 e. The van der Waals surface area contributed by atoms with Crippen molar-refractivity contribution in [3.05, 3.63) is 24.3 Å². The monoisotopic (exact) mass is 352 g/mol. The van der Waals surface area contributed by atoms with E-state index in [9.17, 15) is 21.0 Å². The molecule has 0 radical (unpaired) electrons. The Bertz CT molecular complexity index is 748. The van der Waals surface area contributed by atoms with Crippen LogP contribution in [0, 0.1) is 0 Å². The van der Waals surface area contributed by atoms with Crippen molar-refractivity contribution in [2.45, 2.75) is 28.7 Å². The molecule has 21 heavy (non-hydrogen) atoms. The Morgan fingerprint density at radius 1 is 1.10 bits per heavy atom. The van der Waals surface area contributed by atoms with Gasteiger partial charge in [-0.25, -0.2) is 26.7 Å². The van der Waals surface area contributed by atoms with Gasteiger partial charge in [0, 0.05) is 28.3 Å². The largest absolute Gasteiger partial charge is 0.260 e. The molecule has 0 atom stereocenters. The number of sulfonamides is 2. The molecule has 0 unspecified atom stereocenters. The minimum atomic E-state index is -3.96. The molecule has 2 rings (SSSR count). The molecule has 3 N–H and O–H groups in total. The summed E-state index contributed by atoms with van der Waals surface area (Å²) in [6, 6.07) is 4.60. The Balaban J connectivity index is 2.22. The summed E-state index contributed by atoms with van der Waals surface area (Å²) in [5.41, 5.74) is 0. The highest BCUT2D eigenvalue weighted by atomic mass is 32.2. The van der Waals surface area contributed by atoms with Gasteiger partial charge < -0.3 is 0 Å². The van der Waals surface area contributed by atoms with Crippen molar-refractivity contribution in [1.82, 2.24) is 4.72 Å². The Labute approximate surface area is 126 Å². The third-order valence-corrected chi connectivity index (χ3v) is 6.97. The molecule has 0 aliphatic carbocycles. The van der Waals surface area contributed by atoms with Crippen LogP contribution in [0.4, 0.5) is 0 Å². The molecule has 0 spiro atoms. The third-order valence-electron chi connectivity index (χ3n) is 3.15. The van der Waals surface area contributed by atoms with Crippen molar-refractivity contribution in [1.29, 1.82) is 0 Å². The molecule has 1 saturated heterocycles. The van der Waals surface area contributed by atoms with Crippen LogP contribution in [0.2, 0.25) is 0 Å². The number of benzene rings is 1. The topological polar surface area (TPSA) is 123 Å². The van der Waals surface area contributed by atoms with E-state index < -0.39 is 30.8 Å². The minimum absolute atomic E-state index is 0.152. The molecule has 0 aromatic heterocycles. The van der Waals surface area contributed by atoms with E-state index in [4.69, 9.17) is 5.14 Å². The second-order valence-electron chi connectivity index (χ2n) is 4.76. The molecular formula is C11H16N2O5S3. The van der Waals surface area contributed by atoms with Gasteiger partial charge in [0.2, 0.25) is 20.0 Å². The molecule has 7 nitrogen and oxygen atoms in total. The van der Waals surface area contributed by atoms with E-state index in [1.165, 1.54) is 18.2 Å². The van der Waals surface area contributed by atoms with Crippen LogP contribution in [0.15, 0.2) is 34.1 Å². The van der Waals surface area contributed by atoms with Crippen molar-refractivity contribution in [2.24, 2.45) is 5.14 Å². The number of nitrogens with one attached hydrogen (secondary N) is 1. The molecular weight excluding hydrogens is 336 g/mol. The van der Waals surface area contributed by atoms with E-state index >= 15 is 0 Å². The zero-order valence-electron chi connectivity index (χ0n) is 11.1. The number of primary sulfonamides is 1. The molecule has 1 aromatic carbocycles. The van der Waals surface area contributed by atoms with Crippen LogP contribution >= 0.6 is 0 Å². The second-order valence-corrected chi connectivity index (χ2v) is 9.74. The molecule has 0 saturated carbocycles. The molecule has 0 amide bonds. The van der Waals surface area contributed by atoms with Crippen LogP contribution in [-0.4, -0.2) is 38.6 Å². The van der Waals surface area contributed by atoms with Gasteiger partial charge in [-0.3, -0.25) is 4.21 Å². The predicted molar refractivity (Wildman–Crippen MR) is 79.0 cm³/mol. The summed E-state index contributed by atoms with van der Waals surface area (Å²) in [6.07, 6.45) is 1.00. The maximum absolute atomic E-state index is 12.2. The van der Waals surface area contributed by atoms with Crippen molar-refractivity contribution < 1.29 is 21.0 Å². The molecule has 0 bridgehead atoms. The van der Waals surface area contributed by atoms with Gasteiger partial charge >= 0.3 is 0 Å². The van der Waals surface area contributed by atoms with E-state index in [0.29, 0.717) is 24.3 Å². The number of rotatable bonds is 4. The fourth-order valence-corrected chi connectivity index (χ4v) is 5.30. The first kappa shape index (κ1) is 16.6. The highest BCUT2D eigenvalue weighted by Crippen LogP contribution is 2.17. The molecule has 1 fully saturated rings. The van der Waals surface area contributed by atoms with Crippen molar-refractivity contribution in [3.63, 3.8) is 0 Å². The summed E-state index contributed by atoms with van der Waals surface area (Å²) in [4.78, 5) is -0.407. The highest BCUT2D eigenvalue weighted by molar-refractivity contribution is 7.90. The fraction of sp³-hybridized carbons (Fsp3) is 0.455. The quantitative estimate of drug-likeness (QED) is 0.758. The maximum atomic E-state index is 12.2. The Kier molecular flexibility index (Phi) is 4.83. The average molecular weight is 352 g/mol. The smallest absolute Gasteiger partial charge is 0.240 e. The number of hydrogen-bond acceptors (Lipinski definition) is 5. The Morgan fingerprint density at radius 3 is 2.24 bits per heavy atom. The van der Waals surface area contributed by atoms with E-state index in [2.05, 4.69) is 4.72 Å². The molecule has 1 aliphatic heterocycles.